The van der Waals surface area contributed by atoms with Crippen LogP contribution in [0.25, 0.3) is 17.5 Å². The summed E-state index contributed by atoms with van der Waals surface area (Å²) in [4.78, 5) is 42.8. The first-order valence-electron chi connectivity index (χ1n) is 13.9. The maximum Gasteiger partial charge on any atom is 0.274 e. The van der Waals surface area contributed by atoms with Crippen molar-refractivity contribution in [1.82, 2.24) is 4.57 Å². The molecular formula is C36H28N2O5S. The number of hydrogen-bond donors (Lipinski definition) is 1. The van der Waals surface area contributed by atoms with Crippen molar-refractivity contribution in [3.63, 3.8) is 0 Å². The second-order valence-electron chi connectivity index (χ2n) is 10.1. The van der Waals surface area contributed by atoms with Gasteiger partial charge < -0.3 is 15.2 Å². The first-order valence-corrected chi connectivity index (χ1v) is 14.7. The van der Waals surface area contributed by atoms with E-state index in [9.17, 15) is 14.4 Å². The maximum atomic E-state index is 14.5. The molecule has 1 atom stereocenters. The summed E-state index contributed by atoms with van der Waals surface area (Å²) in [6.07, 6.45) is 1.75. The van der Waals surface area contributed by atoms with Crippen molar-refractivity contribution in [2.75, 3.05) is 14.2 Å². The Morgan fingerprint density at radius 3 is 1.75 bits per heavy atom. The summed E-state index contributed by atoms with van der Waals surface area (Å²) in [5, 5.41) is 0. The lowest BCUT2D eigenvalue weighted by Gasteiger charge is -2.28. The van der Waals surface area contributed by atoms with Gasteiger partial charge in [0.25, 0.3) is 5.56 Å². The molecule has 2 heterocycles. The molecule has 0 fully saturated rings. The number of allylic oxidation sites excluding steroid dienone is 1. The van der Waals surface area contributed by atoms with Crippen molar-refractivity contribution in [2.24, 2.45) is 5.73 Å². The van der Waals surface area contributed by atoms with E-state index in [0.717, 1.165) is 5.56 Å². The zero-order chi connectivity index (χ0) is 30.8. The quantitative estimate of drug-likeness (QED) is 0.262. The number of aromatic nitrogens is 1. The number of methoxy groups -OCH3 is 2. The topological polar surface area (TPSA) is 101 Å². The smallest absolute Gasteiger partial charge is 0.274 e. The Hall–Kier alpha value is -5.47. The summed E-state index contributed by atoms with van der Waals surface area (Å²) in [6, 6.07) is 32.0. The number of ether oxygens (including phenoxy) is 2. The van der Waals surface area contributed by atoms with Crippen LogP contribution in [0.4, 0.5) is 0 Å². The number of hydrogen-bond acceptors (Lipinski definition) is 7. The van der Waals surface area contributed by atoms with Gasteiger partial charge in [0.05, 0.1) is 24.3 Å². The van der Waals surface area contributed by atoms with Gasteiger partial charge in [0.1, 0.15) is 22.0 Å². The summed E-state index contributed by atoms with van der Waals surface area (Å²) >= 11 is 1.17. The Balaban J connectivity index is 1.70. The number of Topliss-reactive ketones (excluding diaryl/α,β-unsaturated/α-hetero) is 2. The Bertz CT molecular complexity index is 2080. The van der Waals surface area contributed by atoms with Crippen molar-refractivity contribution >= 4 is 40.4 Å². The highest BCUT2D eigenvalue weighted by Crippen LogP contribution is 2.40. The van der Waals surface area contributed by atoms with E-state index in [2.05, 4.69) is 0 Å². The SMILES string of the molecule is COc1ccc(/C=c2/sc3n(c2=O)C(N)=C(C(=O)c2ccccc2)C(c2ccc(OC)cc2)C=3C(=O)c2ccccc2)cc1. The molecule has 2 N–H and O–H groups in total. The van der Waals surface area contributed by atoms with Gasteiger partial charge in [-0.1, -0.05) is 84.9 Å². The van der Waals surface area contributed by atoms with Crippen molar-refractivity contribution in [3.05, 3.63) is 157 Å². The van der Waals surface area contributed by atoms with Crippen LogP contribution in [0.15, 0.2) is 120 Å². The van der Waals surface area contributed by atoms with E-state index in [1.54, 1.807) is 93.1 Å². The van der Waals surface area contributed by atoms with E-state index in [0.29, 0.717) is 43.0 Å². The number of nitrogens with zero attached hydrogens (tertiary/aromatic N) is 1. The van der Waals surface area contributed by atoms with E-state index in [-0.39, 0.29) is 23.0 Å². The molecule has 1 aromatic heterocycles. The number of nitrogens with two attached hydrogens (primary N) is 1. The van der Waals surface area contributed by atoms with Crippen LogP contribution in [-0.2, 0) is 0 Å². The van der Waals surface area contributed by atoms with Crippen LogP contribution in [0.3, 0.4) is 0 Å². The molecule has 0 saturated heterocycles. The van der Waals surface area contributed by atoms with Crippen molar-refractivity contribution in [3.8, 4) is 11.5 Å². The van der Waals surface area contributed by atoms with E-state index in [4.69, 9.17) is 15.2 Å². The first-order chi connectivity index (χ1) is 21.4. The predicted molar refractivity (Wildman–Crippen MR) is 172 cm³/mol. The fraction of sp³-hybridized carbons (Fsp3) is 0.0833. The van der Waals surface area contributed by atoms with Crippen LogP contribution < -0.4 is 30.0 Å². The van der Waals surface area contributed by atoms with E-state index in [1.807, 2.05) is 36.4 Å². The summed E-state index contributed by atoms with van der Waals surface area (Å²) in [5.41, 5.74) is 9.11. The van der Waals surface area contributed by atoms with Gasteiger partial charge in [-0.2, -0.15) is 0 Å². The van der Waals surface area contributed by atoms with Gasteiger partial charge in [0.2, 0.25) is 0 Å². The molecule has 1 aliphatic heterocycles. The van der Waals surface area contributed by atoms with Gasteiger partial charge in [-0.25, -0.2) is 0 Å². The molecule has 0 aliphatic carbocycles. The van der Waals surface area contributed by atoms with Crippen LogP contribution in [-0.4, -0.2) is 30.4 Å². The minimum absolute atomic E-state index is 0.00471. The number of carbonyl (C=O) groups excluding carboxylic acids is 2. The molecule has 4 aromatic carbocycles. The van der Waals surface area contributed by atoms with E-state index >= 15 is 0 Å². The monoisotopic (exact) mass is 600 g/mol. The molecule has 1 aliphatic rings. The summed E-state index contributed by atoms with van der Waals surface area (Å²) in [5.74, 6) is -0.220. The summed E-state index contributed by atoms with van der Waals surface area (Å²) in [6.45, 7) is 0. The standard InChI is InChI=1S/C36H28N2O5S/c1-42-26-17-13-22(14-18-26)21-28-35(41)38-34(37)30(32(39)24-9-5-3-6-10-24)29(23-15-19-27(43-2)20-16-23)31(36(38)44-28)33(40)25-11-7-4-8-12-25/h3-21,29H,37H2,1-2H3/b28-21+. The highest BCUT2D eigenvalue weighted by atomic mass is 32.1. The first kappa shape index (κ1) is 28.6. The zero-order valence-electron chi connectivity index (χ0n) is 24.0. The number of fused-ring (bicyclic) bond motifs is 1. The molecule has 218 valence electrons. The second-order valence-corrected chi connectivity index (χ2v) is 11.2. The number of benzene rings is 4. The number of thiazole rings is 1. The molecule has 0 bridgehead atoms. The lowest BCUT2D eigenvalue weighted by atomic mass is 9.77. The average molecular weight is 601 g/mol. The van der Waals surface area contributed by atoms with Gasteiger partial charge in [-0.15, -0.1) is 11.3 Å². The van der Waals surface area contributed by atoms with Gasteiger partial charge in [0.15, 0.2) is 11.6 Å². The normalized spacial score (nSPS) is 14.7. The molecule has 0 amide bonds. The van der Waals surface area contributed by atoms with Crippen molar-refractivity contribution < 1.29 is 19.1 Å². The largest absolute Gasteiger partial charge is 0.497 e. The minimum atomic E-state index is -0.854. The molecular weight excluding hydrogens is 572 g/mol. The Labute approximate surface area is 257 Å². The highest BCUT2D eigenvalue weighted by molar-refractivity contribution is 7.07. The second kappa shape index (κ2) is 12.0. The van der Waals surface area contributed by atoms with Crippen molar-refractivity contribution in [1.29, 1.82) is 0 Å². The third-order valence-electron chi connectivity index (χ3n) is 7.57. The molecule has 7 nitrogen and oxygen atoms in total. The summed E-state index contributed by atoms with van der Waals surface area (Å²) in [7, 11) is 3.15. The van der Waals surface area contributed by atoms with E-state index < -0.39 is 11.5 Å². The Morgan fingerprint density at radius 1 is 0.727 bits per heavy atom. The van der Waals surface area contributed by atoms with Gasteiger partial charge in [0, 0.05) is 22.6 Å². The third kappa shape index (κ3) is 5.16. The van der Waals surface area contributed by atoms with Gasteiger partial charge in [-0.3, -0.25) is 19.0 Å². The highest BCUT2D eigenvalue weighted by Gasteiger charge is 2.39. The molecule has 0 radical (unpaired) electrons. The van der Waals surface area contributed by atoms with Crippen LogP contribution >= 0.6 is 11.3 Å². The molecule has 1 unspecified atom stereocenters. The van der Waals surface area contributed by atoms with Crippen LogP contribution in [0, 0.1) is 0 Å². The van der Waals surface area contributed by atoms with Crippen LogP contribution in [0.2, 0.25) is 0 Å². The lowest BCUT2D eigenvalue weighted by Crippen LogP contribution is -2.41. The molecule has 44 heavy (non-hydrogen) atoms. The number of rotatable bonds is 8. The third-order valence-corrected chi connectivity index (χ3v) is 8.68. The zero-order valence-corrected chi connectivity index (χ0v) is 24.8. The molecule has 8 heteroatoms. The number of carbonyl (C=O) groups is 2. The van der Waals surface area contributed by atoms with Gasteiger partial charge in [-0.05, 0) is 41.5 Å². The fourth-order valence-corrected chi connectivity index (χ4v) is 6.54. The van der Waals surface area contributed by atoms with Crippen LogP contribution in [0.5, 0.6) is 11.5 Å². The molecule has 0 spiro atoms. The Morgan fingerprint density at radius 2 is 1.23 bits per heavy atom. The lowest BCUT2D eigenvalue weighted by molar-refractivity contribution is 0.102. The predicted octanol–water partition coefficient (Wildman–Crippen LogP) is 4.60. The van der Waals surface area contributed by atoms with Gasteiger partial charge >= 0.3 is 0 Å². The number of ketones is 2. The summed E-state index contributed by atoms with van der Waals surface area (Å²) < 4.78 is 12.7. The Kier molecular flexibility index (Phi) is 7.83. The molecule has 5 aromatic rings. The molecule has 0 saturated carbocycles. The molecule has 6 rings (SSSR count). The van der Waals surface area contributed by atoms with Crippen molar-refractivity contribution in [2.45, 2.75) is 5.92 Å². The van der Waals surface area contributed by atoms with E-state index in [1.165, 1.54) is 15.9 Å². The van der Waals surface area contributed by atoms with Crippen LogP contribution in [0.1, 0.15) is 37.8 Å². The average Bonchev–Trinajstić information content (AvgIpc) is 3.40. The fourth-order valence-electron chi connectivity index (χ4n) is 5.36. The maximum absolute atomic E-state index is 14.5. The minimum Gasteiger partial charge on any atom is -0.497 e.